The fourth-order valence-corrected chi connectivity index (χ4v) is 3.82. The molecule has 9 nitrogen and oxygen atoms in total. The summed E-state index contributed by atoms with van der Waals surface area (Å²) in [5.74, 6) is -0.291. The van der Waals surface area contributed by atoms with Crippen molar-refractivity contribution in [2.75, 3.05) is 37.8 Å². The first-order chi connectivity index (χ1) is 13.7. The van der Waals surface area contributed by atoms with Crippen LogP contribution in [0.4, 0.5) is 5.82 Å². The predicted molar refractivity (Wildman–Crippen MR) is 109 cm³/mol. The summed E-state index contributed by atoms with van der Waals surface area (Å²) in [6.45, 7) is 4.65. The molecule has 29 heavy (non-hydrogen) atoms. The normalized spacial score (nSPS) is 15.5. The van der Waals surface area contributed by atoms with Gasteiger partial charge in [0.2, 0.25) is 15.9 Å². The molecule has 3 rings (SSSR count). The molecule has 10 heteroatoms. The van der Waals surface area contributed by atoms with Crippen LogP contribution < -0.4 is 5.32 Å². The molecule has 156 valence electrons. The molecule has 1 N–H and O–H groups in total. The summed E-state index contributed by atoms with van der Waals surface area (Å²) >= 11 is 0. The molecule has 1 fully saturated rings. The van der Waals surface area contributed by atoms with Crippen LogP contribution in [0.15, 0.2) is 36.4 Å². The Morgan fingerprint density at radius 1 is 1.07 bits per heavy atom. The summed E-state index contributed by atoms with van der Waals surface area (Å²) in [5.41, 5.74) is 0.910. The Balaban J connectivity index is 1.85. The Morgan fingerprint density at radius 2 is 1.69 bits per heavy atom. The average molecular weight is 420 g/mol. The van der Waals surface area contributed by atoms with E-state index < -0.39 is 10.0 Å². The second kappa shape index (κ2) is 8.34. The number of hydrogen-bond donors (Lipinski definition) is 1. The van der Waals surface area contributed by atoms with Gasteiger partial charge in [-0.25, -0.2) is 13.1 Å². The number of amides is 2. The van der Waals surface area contributed by atoms with Crippen molar-refractivity contribution in [2.24, 2.45) is 5.92 Å². The second-order valence-electron chi connectivity index (χ2n) is 7.26. The molecule has 0 spiro atoms. The molecular weight excluding hydrogens is 394 g/mol. The van der Waals surface area contributed by atoms with Crippen molar-refractivity contribution in [3.8, 4) is 5.69 Å². The minimum atomic E-state index is -3.27. The van der Waals surface area contributed by atoms with Gasteiger partial charge in [-0.05, 0) is 12.1 Å². The van der Waals surface area contributed by atoms with Gasteiger partial charge in [-0.15, -0.1) is 0 Å². The lowest BCUT2D eigenvalue weighted by Gasteiger charge is -2.32. The molecule has 0 aliphatic carbocycles. The molecule has 2 amide bonds. The van der Waals surface area contributed by atoms with Gasteiger partial charge in [-0.3, -0.25) is 9.59 Å². The summed E-state index contributed by atoms with van der Waals surface area (Å²) in [5, 5.41) is 7.23. The van der Waals surface area contributed by atoms with Crippen molar-refractivity contribution < 1.29 is 18.0 Å². The smallest absolute Gasteiger partial charge is 0.274 e. The maximum atomic E-state index is 12.9. The van der Waals surface area contributed by atoms with Crippen molar-refractivity contribution in [1.82, 2.24) is 19.0 Å². The number of anilines is 1. The quantitative estimate of drug-likeness (QED) is 0.784. The molecule has 1 aromatic heterocycles. The average Bonchev–Trinajstić information content (AvgIpc) is 3.11. The monoisotopic (exact) mass is 419 g/mol. The summed E-state index contributed by atoms with van der Waals surface area (Å²) in [7, 11) is -3.27. The number of nitrogens with one attached hydrogen (secondary N) is 1. The molecule has 0 atom stereocenters. The fourth-order valence-electron chi connectivity index (χ4n) is 3.00. The minimum absolute atomic E-state index is 0.178. The highest BCUT2D eigenvalue weighted by atomic mass is 32.2. The molecule has 1 saturated heterocycles. The van der Waals surface area contributed by atoms with Crippen LogP contribution in [-0.4, -0.2) is 71.7 Å². The van der Waals surface area contributed by atoms with Gasteiger partial charge in [-0.2, -0.15) is 9.40 Å². The number of carbonyl (C=O) groups excluding carboxylic acids is 2. The Morgan fingerprint density at radius 3 is 2.24 bits per heavy atom. The van der Waals surface area contributed by atoms with Gasteiger partial charge in [0.1, 0.15) is 5.82 Å². The number of rotatable bonds is 5. The first-order valence-electron chi connectivity index (χ1n) is 9.37. The second-order valence-corrected chi connectivity index (χ2v) is 9.24. The predicted octanol–water partition coefficient (Wildman–Crippen LogP) is 1.18. The Labute approximate surface area is 170 Å². The fraction of sp³-hybridized carbons (Fsp3) is 0.421. The molecule has 2 heterocycles. The Bertz CT molecular complexity index is 993. The van der Waals surface area contributed by atoms with Crippen LogP contribution in [0.2, 0.25) is 0 Å². The number of aromatic nitrogens is 2. The van der Waals surface area contributed by atoms with E-state index in [1.807, 2.05) is 30.3 Å². The maximum Gasteiger partial charge on any atom is 0.274 e. The van der Waals surface area contributed by atoms with Gasteiger partial charge < -0.3 is 10.2 Å². The van der Waals surface area contributed by atoms with E-state index in [0.29, 0.717) is 11.5 Å². The van der Waals surface area contributed by atoms with Crippen molar-refractivity contribution in [3.05, 3.63) is 42.1 Å². The van der Waals surface area contributed by atoms with Gasteiger partial charge in [0, 0.05) is 38.2 Å². The minimum Gasteiger partial charge on any atom is -0.335 e. The molecule has 0 unspecified atom stereocenters. The topological polar surface area (TPSA) is 105 Å². The van der Waals surface area contributed by atoms with E-state index in [-0.39, 0.29) is 49.6 Å². The number of piperazine rings is 1. The molecule has 1 aromatic carbocycles. The van der Waals surface area contributed by atoms with E-state index in [9.17, 15) is 18.0 Å². The van der Waals surface area contributed by atoms with Crippen LogP contribution in [-0.2, 0) is 14.8 Å². The molecule has 0 saturated carbocycles. The number of nitrogens with zero attached hydrogens (tertiary/aromatic N) is 4. The van der Waals surface area contributed by atoms with Crippen LogP contribution >= 0.6 is 0 Å². The molecule has 1 aliphatic heterocycles. The molecule has 0 bridgehead atoms. The standard InChI is InChI=1S/C19H25N5O4S/c1-14(2)18(25)20-17-13-16(21-24(17)15-7-5-4-6-8-15)19(26)22-9-11-23(12-10-22)29(3,27)28/h4-8,13-14H,9-12H2,1-3H3,(H,20,25). The van der Waals surface area contributed by atoms with Crippen LogP contribution in [0.25, 0.3) is 5.69 Å². The third-order valence-electron chi connectivity index (χ3n) is 4.70. The van der Waals surface area contributed by atoms with E-state index in [1.165, 1.54) is 8.99 Å². The van der Waals surface area contributed by atoms with E-state index in [1.54, 1.807) is 24.8 Å². The zero-order valence-electron chi connectivity index (χ0n) is 16.7. The molecule has 1 aliphatic rings. The summed E-state index contributed by atoms with van der Waals surface area (Å²) in [6, 6.07) is 10.8. The number of hydrogen-bond acceptors (Lipinski definition) is 5. The number of para-hydroxylation sites is 1. The first-order valence-corrected chi connectivity index (χ1v) is 11.2. The Kier molecular flexibility index (Phi) is 6.04. The van der Waals surface area contributed by atoms with Gasteiger partial charge >= 0.3 is 0 Å². The summed E-state index contributed by atoms with van der Waals surface area (Å²) in [4.78, 5) is 26.7. The molecular formula is C19H25N5O4S. The van der Waals surface area contributed by atoms with Crippen molar-refractivity contribution in [2.45, 2.75) is 13.8 Å². The van der Waals surface area contributed by atoms with E-state index in [4.69, 9.17) is 0 Å². The highest BCUT2D eigenvalue weighted by Crippen LogP contribution is 2.20. The van der Waals surface area contributed by atoms with Gasteiger partial charge in [0.15, 0.2) is 5.69 Å². The van der Waals surface area contributed by atoms with Crippen molar-refractivity contribution in [3.63, 3.8) is 0 Å². The lowest BCUT2D eigenvalue weighted by molar-refractivity contribution is -0.118. The Hall–Kier alpha value is -2.72. The number of benzene rings is 1. The third kappa shape index (κ3) is 4.83. The van der Waals surface area contributed by atoms with Gasteiger partial charge in [0.05, 0.1) is 11.9 Å². The largest absolute Gasteiger partial charge is 0.335 e. The molecule has 0 radical (unpaired) electrons. The van der Waals surface area contributed by atoms with E-state index in [2.05, 4.69) is 10.4 Å². The lowest BCUT2D eigenvalue weighted by Crippen LogP contribution is -2.50. The van der Waals surface area contributed by atoms with E-state index >= 15 is 0 Å². The van der Waals surface area contributed by atoms with Gasteiger partial charge in [0.25, 0.3) is 5.91 Å². The highest BCUT2D eigenvalue weighted by molar-refractivity contribution is 7.88. The van der Waals surface area contributed by atoms with Crippen molar-refractivity contribution in [1.29, 1.82) is 0 Å². The lowest BCUT2D eigenvalue weighted by atomic mass is 10.2. The van der Waals surface area contributed by atoms with Gasteiger partial charge in [-0.1, -0.05) is 32.0 Å². The SMILES string of the molecule is CC(C)C(=O)Nc1cc(C(=O)N2CCN(S(C)(=O)=O)CC2)nn1-c1ccccc1. The maximum absolute atomic E-state index is 12.9. The van der Waals surface area contributed by atoms with E-state index in [0.717, 1.165) is 6.26 Å². The summed E-state index contributed by atoms with van der Waals surface area (Å²) < 4.78 is 26.2. The van der Waals surface area contributed by atoms with Crippen molar-refractivity contribution >= 4 is 27.7 Å². The van der Waals surface area contributed by atoms with Crippen LogP contribution in [0, 0.1) is 5.92 Å². The first kappa shape index (κ1) is 21.0. The number of carbonyl (C=O) groups is 2. The zero-order valence-corrected chi connectivity index (χ0v) is 17.5. The zero-order chi connectivity index (χ0) is 21.2. The summed E-state index contributed by atoms with van der Waals surface area (Å²) in [6.07, 6.45) is 1.16. The van der Waals surface area contributed by atoms with Crippen LogP contribution in [0.3, 0.4) is 0 Å². The van der Waals surface area contributed by atoms with Crippen LogP contribution in [0.5, 0.6) is 0 Å². The third-order valence-corrected chi connectivity index (χ3v) is 6.00. The number of sulfonamides is 1. The van der Waals surface area contributed by atoms with Crippen LogP contribution in [0.1, 0.15) is 24.3 Å². The highest BCUT2D eigenvalue weighted by Gasteiger charge is 2.28. The molecule has 2 aromatic rings.